The van der Waals surface area contributed by atoms with Gasteiger partial charge in [-0.15, -0.1) is 10.2 Å². The van der Waals surface area contributed by atoms with E-state index in [0.717, 1.165) is 24.0 Å². The lowest BCUT2D eigenvalue weighted by Gasteiger charge is -2.33. The van der Waals surface area contributed by atoms with Crippen LogP contribution in [0.2, 0.25) is 0 Å². The van der Waals surface area contributed by atoms with Crippen molar-refractivity contribution in [3.63, 3.8) is 0 Å². The maximum atomic E-state index is 13.8. The summed E-state index contributed by atoms with van der Waals surface area (Å²) >= 11 is 0. The van der Waals surface area contributed by atoms with Gasteiger partial charge in [-0.25, -0.2) is 0 Å². The summed E-state index contributed by atoms with van der Waals surface area (Å²) in [6.45, 7) is 0. The van der Waals surface area contributed by atoms with E-state index in [1.165, 1.54) is 23.3 Å². The Bertz CT molecular complexity index is 1110. The summed E-state index contributed by atoms with van der Waals surface area (Å²) in [6.07, 6.45) is 6.88. The summed E-state index contributed by atoms with van der Waals surface area (Å²) < 4.78 is 43.4. The van der Waals surface area contributed by atoms with Crippen molar-refractivity contribution in [1.82, 2.24) is 19.7 Å². The Hall–Kier alpha value is -3.42. The van der Waals surface area contributed by atoms with Gasteiger partial charge < -0.3 is 9.47 Å². The van der Waals surface area contributed by atoms with Gasteiger partial charge in [-0.3, -0.25) is 4.98 Å². The molecule has 1 atom stereocenters. The first-order valence-corrected chi connectivity index (χ1v) is 9.66. The van der Waals surface area contributed by atoms with Crippen LogP contribution in [0, 0.1) is 0 Å². The van der Waals surface area contributed by atoms with Gasteiger partial charge in [0.2, 0.25) is 0 Å². The molecule has 1 aromatic carbocycles. The molecule has 8 heteroatoms. The van der Waals surface area contributed by atoms with E-state index in [-0.39, 0.29) is 0 Å². The normalized spacial score (nSPS) is 19.1. The van der Waals surface area contributed by atoms with Gasteiger partial charge in [0.15, 0.2) is 5.82 Å². The first-order chi connectivity index (χ1) is 14.5. The number of alkyl halides is 3. The minimum atomic E-state index is -4.42. The maximum absolute atomic E-state index is 13.8. The average Bonchev–Trinajstić information content (AvgIpc) is 3.49. The molecule has 5 nitrogen and oxygen atoms in total. The highest BCUT2D eigenvalue weighted by atomic mass is 19.4. The van der Waals surface area contributed by atoms with Crippen LogP contribution < -0.4 is 4.90 Å². The van der Waals surface area contributed by atoms with Crippen LogP contribution in [0.4, 0.5) is 18.9 Å². The zero-order valence-corrected chi connectivity index (χ0v) is 15.9. The zero-order valence-electron chi connectivity index (χ0n) is 15.9. The third-order valence-electron chi connectivity index (χ3n) is 5.30. The number of pyridine rings is 1. The number of hydrogen-bond acceptors (Lipinski definition) is 4. The Morgan fingerprint density at radius 3 is 2.53 bits per heavy atom. The van der Waals surface area contributed by atoms with Crippen molar-refractivity contribution < 1.29 is 13.2 Å². The monoisotopic (exact) mass is 409 g/mol. The highest BCUT2D eigenvalue weighted by molar-refractivity contribution is 5.79. The topological polar surface area (TPSA) is 46.8 Å². The average molecular weight is 409 g/mol. The van der Waals surface area contributed by atoms with Crippen molar-refractivity contribution in [3.05, 3.63) is 79.0 Å². The van der Waals surface area contributed by atoms with Crippen molar-refractivity contribution in [2.75, 3.05) is 4.90 Å². The van der Waals surface area contributed by atoms with Crippen molar-refractivity contribution >= 4 is 11.3 Å². The molecule has 2 aliphatic rings. The first-order valence-electron chi connectivity index (χ1n) is 9.66. The van der Waals surface area contributed by atoms with Gasteiger partial charge in [0.05, 0.1) is 0 Å². The van der Waals surface area contributed by atoms with Crippen LogP contribution in [0.5, 0.6) is 0 Å². The van der Waals surface area contributed by atoms with E-state index < -0.39 is 12.2 Å². The standard InChI is InChI=1S/C22H18F3N5/c23-22(24,25)20-7-4-17(15-8-10-26-11-9-15)13-29(20)19-3-1-2-16(12-19)21-28-27-14-30(21)18-5-6-18/h1-4,7-14,18,20H,5-6H2. The van der Waals surface area contributed by atoms with Crippen LogP contribution in [-0.2, 0) is 0 Å². The second kappa shape index (κ2) is 7.12. The van der Waals surface area contributed by atoms with Gasteiger partial charge in [0, 0.05) is 35.9 Å². The molecule has 1 fully saturated rings. The van der Waals surface area contributed by atoms with E-state index in [0.29, 0.717) is 23.1 Å². The van der Waals surface area contributed by atoms with Crippen LogP contribution in [-0.4, -0.2) is 32.0 Å². The first kappa shape index (κ1) is 18.6. The predicted octanol–water partition coefficient (Wildman–Crippen LogP) is 5.02. The molecular formula is C22H18F3N5. The summed E-state index contributed by atoms with van der Waals surface area (Å²) in [6, 6.07) is 9.19. The van der Waals surface area contributed by atoms with E-state index in [1.807, 2.05) is 10.6 Å². The van der Waals surface area contributed by atoms with Gasteiger partial charge >= 0.3 is 6.18 Å². The summed E-state index contributed by atoms with van der Waals surface area (Å²) in [4.78, 5) is 5.24. The van der Waals surface area contributed by atoms with E-state index >= 15 is 0 Å². The molecule has 0 saturated heterocycles. The van der Waals surface area contributed by atoms with Crippen molar-refractivity contribution in [1.29, 1.82) is 0 Å². The smallest absolute Gasteiger partial charge is 0.332 e. The van der Waals surface area contributed by atoms with Gasteiger partial charge in [-0.05, 0) is 48.2 Å². The molecule has 2 aromatic heterocycles. The summed E-state index contributed by atoms with van der Waals surface area (Å²) in [5, 5.41) is 8.20. The quantitative estimate of drug-likeness (QED) is 0.607. The molecule has 1 aliphatic heterocycles. The summed E-state index contributed by atoms with van der Waals surface area (Å²) in [5.41, 5.74) is 2.67. The van der Waals surface area contributed by atoms with Crippen molar-refractivity contribution in [3.8, 4) is 11.4 Å². The second-order valence-corrected chi connectivity index (χ2v) is 7.42. The number of rotatable bonds is 4. The number of allylic oxidation sites excluding steroid dienone is 2. The molecule has 5 rings (SSSR count). The highest BCUT2D eigenvalue weighted by Gasteiger charge is 2.43. The molecule has 1 saturated carbocycles. The van der Waals surface area contributed by atoms with E-state index in [4.69, 9.17) is 0 Å². The minimum Gasteiger partial charge on any atom is -0.332 e. The van der Waals surface area contributed by atoms with Gasteiger partial charge in [0.25, 0.3) is 0 Å². The molecular weight excluding hydrogens is 391 g/mol. The Kier molecular flexibility index (Phi) is 4.42. The fourth-order valence-corrected chi connectivity index (χ4v) is 3.65. The lowest BCUT2D eigenvalue weighted by atomic mass is 10.0. The highest BCUT2D eigenvalue weighted by Crippen LogP contribution is 2.39. The number of anilines is 1. The summed E-state index contributed by atoms with van der Waals surface area (Å²) in [7, 11) is 0. The van der Waals surface area contributed by atoms with Gasteiger partial charge in [-0.1, -0.05) is 24.3 Å². The van der Waals surface area contributed by atoms with Crippen molar-refractivity contribution in [2.24, 2.45) is 0 Å². The molecule has 0 radical (unpaired) electrons. The molecule has 30 heavy (non-hydrogen) atoms. The van der Waals surface area contributed by atoms with E-state index in [9.17, 15) is 13.2 Å². The Balaban J connectivity index is 1.56. The van der Waals surface area contributed by atoms with Crippen molar-refractivity contribution in [2.45, 2.75) is 31.1 Å². The third-order valence-corrected chi connectivity index (χ3v) is 5.30. The zero-order chi connectivity index (χ0) is 20.7. The second-order valence-electron chi connectivity index (χ2n) is 7.42. The molecule has 1 aliphatic carbocycles. The number of nitrogens with zero attached hydrogens (tertiary/aromatic N) is 5. The number of aromatic nitrogens is 4. The molecule has 3 heterocycles. The number of benzene rings is 1. The fraction of sp³-hybridized carbons (Fsp3) is 0.227. The lowest BCUT2D eigenvalue weighted by molar-refractivity contribution is -0.136. The van der Waals surface area contributed by atoms with Crippen LogP contribution >= 0.6 is 0 Å². The molecule has 0 bridgehead atoms. The van der Waals surface area contributed by atoms with Gasteiger partial charge in [0.1, 0.15) is 12.4 Å². The van der Waals surface area contributed by atoms with Gasteiger partial charge in [-0.2, -0.15) is 13.2 Å². The Morgan fingerprint density at radius 1 is 1.00 bits per heavy atom. The minimum absolute atomic E-state index is 0.373. The number of hydrogen-bond donors (Lipinski definition) is 0. The Morgan fingerprint density at radius 2 is 1.80 bits per heavy atom. The SMILES string of the molecule is FC(F)(F)C1C=CC(c2ccncc2)=CN1c1cccc(-c2nncn2C2CC2)c1. The maximum Gasteiger partial charge on any atom is 0.412 e. The largest absolute Gasteiger partial charge is 0.412 e. The van der Waals surface area contributed by atoms with Crippen LogP contribution in [0.3, 0.4) is 0 Å². The molecule has 1 unspecified atom stereocenters. The van der Waals surface area contributed by atoms with E-state index in [2.05, 4.69) is 15.2 Å². The molecule has 0 amide bonds. The molecule has 3 aromatic rings. The molecule has 152 valence electrons. The van der Waals surface area contributed by atoms with Crippen LogP contribution in [0.25, 0.3) is 17.0 Å². The molecule has 0 spiro atoms. The molecule has 0 N–H and O–H groups in total. The Labute approximate surface area is 171 Å². The fourth-order valence-electron chi connectivity index (χ4n) is 3.65. The number of halogens is 3. The lowest BCUT2D eigenvalue weighted by Crippen LogP contribution is -2.43. The predicted molar refractivity (Wildman–Crippen MR) is 107 cm³/mol. The van der Waals surface area contributed by atoms with E-state index in [1.54, 1.807) is 49.1 Å². The van der Waals surface area contributed by atoms with Crippen LogP contribution in [0.15, 0.2) is 73.5 Å². The summed E-state index contributed by atoms with van der Waals surface area (Å²) in [5.74, 6) is 0.675. The third kappa shape index (κ3) is 3.49. The van der Waals surface area contributed by atoms with Crippen LogP contribution in [0.1, 0.15) is 24.4 Å².